The van der Waals surface area contributed by atoms with Crippen molar-refractivity contribution in [3.8, 4) is 0 Å². The van der Waals surface area contributed by atoms with E-state index in [1.165, 1.54) is 25.7 Å². The number of fused-ring (bicyclic) bond motifs is 1. The molecular formula is C8H14N2. The van der Waals surface area contributed by atoms with Gasteiger partial charge in [-0.3, -0.25) is 4.99 Å². The standard InChI is InChI=1S/C8H14N2/c9-8-7-4-2-1-3-6(7)5-10-8/h6-7H,1-5H2,(H2,9,10)/t6-,7+/m1/s1. The Morgan fingerprint density at radius 1 is 1.30 bits per heavy atom. The maximum Gasteiger partial charge on any atom is 0.0972 e. The molecule has 56 valence electrons. The molecule has 2 N–H and O–H groups in total. The van der Waals surface area contributed by atoms with Crippen LogP contribution in [0.4, 0.5) is 0 Å². The molecule has 1 fully saturated rings. The Balaban J connectivity index is 2.08. The average Bonchev–Trinajstić information content (AvgIpc) is 2.34. The molecule has 2 aliphatic rings. The van der Waals surface area contributed by atoms with Crippen molar-refractivity contribution < 1.29 is 0 Å². The predicted molar refractivity (Wildman–Crippen MR) is 41.9 cm³/mol. The fourth-order valence-corrected chi connectivity index (χ4v) is 2.16. The number of hydrogen-bond acceptors (Lipinski definition) is 2. The Hall–Kier alpha value is -0.530. The van der Waals surface area contributed by atoms with E-state index in [1.807, 2.05) is 0 Å². The summed E-state index contributed by atoms with van der Waals surface area (Å²) >= 11 is 0. The first-order chi connectivity index (χ1) is 4.88. The summed E-state index contributed by atoms with van der Waals surface area (Å²) in [5.41, 5.74) is 5.74. The van der Waals surface area contributed by atoms with Gasteiger partial charge < -0.3 is 5.73 Å². The van der Waals surface area contributed by atoms with Crippen LogP contribution in [0.3, 0.4) is 0 Å². The van der Waals surface area contributed by atoms with E-state index in [-0.39, 0.29) is 0 Å². The number of nitrogens with zero attached hydrogens (tertiary/aromatic N) is 1. The molecular weight excluding hydrogens is 124 g/mol. The Morgan fingerprint density at radius 2 is 2.10 bits per heavy atom. The highest BCUT2D eigenvalue weighted by atomic mass is 14.9. The Kier molecular flexibility index (Phi) is 1.40. The number of hydrogen-bond donors (Lipinski definition) is 1. The number of amidine groups is 1. The molecule has 1 aliphatic carbocycles. The van der Waals surface area contributed by atoms with Gasteiger partial charge in [-0.25, -0.2) is 0 Å². The predicted octanol–water partition coefficient (Wildman–Crippen LogP) is 1.16. The lowest BCUT2D eigenvalue weighted by atomic mass is 9.81. The van der Waals surface area contributed by atoms with Crippen LogP contribution in [0.15, 0.2) is 4.99 Å². The minimum Gasteiger partial charge on any atom is -0.387 e. The van der Waals surface area contributed by atoms with E-state index in [1.54, 1.807) is 0 Å². The van der Waals surface area contributed by atoms with Crippen molar-refractivity contribution in [1.82, 2.24) is 0 Å². The fourth-order valence-electron chi connectivity index (χ4n) is 2.16. The molecule has 0 aromatic carbocycles. The highest BCUT2D eigenvalue weighted by molar-refractivity contribution is 5.84. The van der Waals surface area contributed by atoms with Gasteiger partial charge in [0.2, 0.25) is 0 Å². The van der Waals surface area contributed by atoms with E-state index in [0.717, 1.165) is 18.3 Å². The van der Waals surface area contributed by atoms with Gasteiger partial charge in [0.15, 0.2) is 0 Å². The first kappa shape index (κ1) is 6.20. The maximum absolute atomic E-state index is 5.74. The van der Waals surface area contributed by atoms with Gasteiger partial charge in [0.1, 0.15) is 0 Å². The molecule has 0 aromatic rings. The molecule has 1 aliphatic heterocycles. The molecule has 0 unspecified atom stereocenters. The SMILES string of the molecule is NC1=NC[C@H]2CCCC[C@H]12. The van der Waals surface area contributed by atoms with Crippen LogP contribution >= 0.6 is 0 Å². The zero-order chi connectivity index (χ0) is 6.97. The smallest absolute Gasteiger partial charge is 0.0972 e. The Bertz CT molecular complexity index is 163. The van der Waals surface area contributed by atoms with Gasteiger partial charge in [0, 0.05) is 12.5 Å². The molecule has 2 nitrogen and oxygen atoms in total. The van der Waals surface area contributed by atoms with Gasteiger partial charge >= 0.3 is 0 Å². The molecule has 0 spiro atoms. The first-order valence-electron chi connectivity index (χ1n) is 4.18. The van der Waals surface area contributed by atoms with E-state index < -0.39 is 0 Å². The van der Waals surface area contributed by atoms with Gasteiger partial charge in [-0.2, -0.15) is 0 Å². The average molecular weight is 138 g/mol. The van der Waals surface area contributed by atoms with Crippen LogP contribution in [-0.4, -0.2) is 12.4 Å². The monoisotopic (exact) mass is 138 g/mol. The largest absolute Gasteiger partial charge is 0.387 e. The van der Waals surface area contributed by atoms with Crippen molar-refractivity contribution >= 4 is 5.84 Å². The first-order valence-corrected chi connectivity index (χ1v) is 4.18. The summed E-state index contributed by atoms with van der Waals surface area (Å²) in [5.74, 6) is 2.41. The molecule has 0 amide bonds. The molecule has 2 atom stereocenters. The summed E-state index contributed by atoms with van der Waals surface area (Å²) in [6, 6.07) is 0. The normalized spacial score (nSPS) is 39.0. The third-order valence-corrected chi connectivity index (χ3v) is 2.80. The molecule has 0 aromatic heterocycles. The fraction of sp³-hybridized carbons (Fsp3) is 0.875. The number of aliphatic imine (C=N–C) groups is 1. The maximum atomic E-state index is 5.74. The molecule has 0 radical (unpaired) electrons. The number of nitrogens with two attached hydrogens (primary N) is 1. The van der Waals surface area contributed by atoms with Crippen LogP contribution in [0.25, 0.3) is 0 Å². The lowest BCUT2D eigenvalue weighted by molar-refractivity contribution is 0.328. The van der Waals surface area contributed by atoms with E-state index in [9.17, 15) is 0 Å². The van der Waals surface area contributed by atoms with Crippen molar-refractivity contribution in [2.75, 3.05) is 6.54 Å². The molecule has 2 heteroatoms. The summed E-state index contributed by atoms with van der Waals surface area (Å²) in [4.78, 5) is 4.28. The van der Waals surface area contributed by atoms with Crippen LogP contribution in [0.2, 0.25) is 0 Å². The Morgan fingerprint density at radius 3 is 2.90 bits per heavy atom. The second kappa shape index (κ2) is 2.26. The topological polar surface area (TPSA) is 38.4 Å². The summed E-state index contributed by atoms with van der Waals surface area (Å²) in [6.45, 7) is 1.01. The van der Waals surface area contributed by atoms with Crippen molar-refractivity contribution in [2.24, 2.45) is 22.6 Å². The van der Waals surface area contributed by atoms with Gasteiger partial charge in [0.05, 0.1) is 5.84 Å². The highest BCUT2D eigenvalue weighted by Crippen LogP contribution is 2.33. The zero-order valence-electron chi connectivity index (χ0n) is 6.21. The van der Waals surface area contributed by atoms with Crippen molar-refractivity contribution in [1.29, 1.82) is 0 Å². The van der Waals surface area contributed by atoms with Gasteiger partial charge in [0.25, 0.3) is 0 Å². The summed E-state index contributed by atoms with van der Waals surface area (Å²) in [6.07, 6.45) is 5.40. The third kappa shape index (κ3) is 0.825. The molecule has 0 saturated heterocycles. The van der Waals surface area contributed by atoms with Crippen molar-refractivity contribution in [3.63, 3.8) is 0 Å². The van der Waals surface area contributed by atoms with Crippen molar-refractivity contribution in [2.45, 2.75) is 25.7 Å². The summed E-state index contributed by atoms with van der Waals surface area (Å²) in [5, 5.41) is 0. The second-order valence-electron chi connectivity index (χ2n) is 3.42. The summed E-state index contributed by atoms with van der Waals surface area (Å²) < 4.78 is 0. The van der Waals surface area contributed by atoms with E-state index in [4.69, 9.17) is 5.73 Å². The van der Waals surface area contributed by atoms with Crippen LogP contribution in [0, 0.1) is 11.8 Å². The lowest BCUT2D eigenvalue weighted by Gasteiger charge is -2.24. The van der Waals surface area contributed by atoms with E-state index in [2.05, 4.69) is 4.99 Å². The van der Waals surface area contributed by atoms with Gasteiger partial charge in [-0.1, -0.05) is 12.8 Å². The lowest BCUT2D eigenvalue weighted by Crippen LogP contribution is -2.27. The van der Waals surface area contributed by atoms with Crippen LogP contribution in [-0.2, 0) is 0 Å². The van der Waals surface area contributed by atoms with E-state index >= 15 is 0 Å². The molecule has 0 bridgehead atoms. The van der Waals surface area contributed by atoms with Gasteiger partial charge in [-0.05, 0) is 18.8 Å². The highest BCUT2D eigenvalue weighted by Gasteiger charge is 2.31. The Labute approximate surface area is 61.5 Å². The van der Waals surface area contributed by atoms with Crippen LogP contribution in [0.1, 0.15) is 25.7 Å². The molecule has 1 heterocycles. The quantitative estimate of drug-likeness (QED) is 0.536. The van der Waals surface area contributed by atoms with Crippen LogP contribution in [0.5, 0.6) is 0 Å². The summed E-state index contributed by atoms with van der Waals surface area (Å²) in [7, 11) is 0. The molecule has 10 heavy (non-hydrogen) atoms. The minimum absolute atomic E-state index is 0.661. The second-order valence-corrected chi connectivity index (χ2v) is 3.42. The van der Waals surface area contributed by atoms with Crippen LogP contribution < -0.4 is 5.73 Å². The number of rotatable bonds is 0. The minimum atomic E-state index is 0.661. The van der Waals surface area contributed by atoms with Gasteiger partial charge in [-0.15, -0.1) is 0 Å². The third-order valence-electron chi connectivity index (χ3n) is 2.80. The molecule has 1 saturated carbocycles. The zero-order valence-corrected chi connectivity index (χ0v) is 6.21. The molecule has 2 rings (SSSR count). The van der Waals surface area contributed by atoms with E-state index in [0.29, 0.717) is 5.92 Å². The van der Waals surface area contributed by atoms with Crippen molar-refractivity contribution in [3.05, 3.63) is 0 Å².